The Morgan fingerprint density at radius 1 is 1.19 bits per heavy atom. The molecule has 1 aliphatic heterocycles. The van der Waals surface area contributed by atoms with Crippen molar-refractivity contribution in [1.29, 1.82) is 0 Å². The number of carbonyl (C=O) groups excluding carboxylic acids is 1. The van der Waals surface area contributed by atoms with Crippen LogP contribution < -0.4 is 0 Å². The van der Waals surface area contributed by atoms with Crippen LogP contribution in [0.4, 0.5) is 0 Å². The largest absolute Gasteiger partial charge is 0.382 e. The highest BCUT2D eigenvalue weighted by molar-refractivity contribution is 5.76. The lowest BCUT2D eigenvalue weighted by molar-refractivity contribution is -0.205. The number of carbonyl (C=O) groups is 1. The first-order valence-corrected chi connectivity index (χ1v) is 7.48. The molecule has 0 amide bonds. The number of rotatable bonds is 10. The summed E-state index contributed by atoms with van der Waals surface area (Å²) in [6, 6.07) is 0. The third kappa shape index (κ3) is 6.40. The van der Waals surface area contributed by atoms with Crippen LogP contribution in [0.2, 0.25) is 0 Å². The van der Waals surface area contributed by atoms with Crippen molar-refractivity contribution >= 4 is 5.78 Å². The van der Waals surface area contributed by atoms with Crippen molar-refractivity contribution in [1.82, 2.24) is 0 Å². The lowest BCUT2D eigenvalue weighted by Crippen LogP contribution is -2.51. The van der Waals surface area contributed by atoms with E-state index < -0.39 is 0 Å². The number of methoxy groups -OCH3 is 2. The standard InChI is InChI=1S/C15H28O6/c1-5-19-6-7-20-13-9-12(18-4)15(10-17-3)21-14(13)8-11(2)16/h12-15H,5-10H2,1-4H3/t12-,13+,14-,15+/m0/s1. The lowest BCUT2D eigenvalue weighted by Gasteiger charge is -2.40. The third-order valence-corrected chi connectivity index (χ3v) is 3.53. The summed E-state index contributed by atoms with van der Waals surface area (Å²) in [7, 11) is 3.28. The fourth-order valence-electron chi connectivity index (χ4n) is 2.53. The first-order valence-electron chi connectivity index (χ1n) is 7.48. The van der Waals surface area contributed by atoms with Crippen LogP contribution in [-0.2, 0) is 28.5 Å². The van der Waals surface area contributed by atoms with Gasteiger partial charge in [-0.15, -0.1) is 0 Å². The zero-order valence-corrected chi connectivity index (χ0v) is 13.5. The van der Waals surface area contributed by atoms with Crippen LogP contribution in [-0.4, -0.2) is 70.8 Å². The molecule has 4 atom stereocenters. The SMILES string of the molecule is CCOCCO[C@@H]1C[C@H](OC)[C@@H](COC)O[C@H]1CC(C)=O. The minimum absolute atomic E-state index is 0.0884. The molecule has 1 saturated heterocycles. The zero-order chi connectivity index (χ0) is 15.7. The molecule has 0 unspecified atom stereocenters. The second kappa shape index (κ2) is 10.2. The molecule has 0 N–H and O–H groups in total. The molecule has 124 valence electrons. The van der Waals surface area contributed by atoms with Crippen LogP contribution in [0.5, 0.6) is 0 Å². The van der Waals surface area contributed by atoms with E-state index in [0.29, 0.717) is 39.3 Å². The Hall–Kier alpha value is -0.530. The molecule has 0 bridgehead atoms. The predicted octanol–water partition coefficient (Wildman–Crippen LogP) is 1.21. The molecule has 0 aliphatic carbocycles. The van der Waals surface area contributed by atoms with Crippen molar-refractivity contribution in [2.75, 3.05) is 40.6 Å². The van der Waals surface area contributed by atoms with Gasteiger partial charge in [0.05, 0.1) is 38.1 Å². The molecule has 6 heteroatoms. The molecule has 0 aromatic carbocycles. The zero-order valence-electron chi connectivity index (χ0n) is 13.5. The number of hydrogen-bond acceptors (Lipinski definition) is 6. The number of ketones is 1. The Bertz CT molecular complexity index is 296. The average Bonchev–Trinajstić information content (AvgIpc) is 2.45. The van der Waals surface area contributed by atoms with Crippen LogP contribution in [0, 0.1) is 0 Å². The monoisotopic (exact) mass is 304 g/mol. The van der Waals surface area contributed by atoms with Crippen molar-refractivity contribution in [2.45, 2.75) is 51.1 Å². The molecule has 21 heavy (non-hydrogen) atoms. The summed E-state index contributed by atoms with van der Waals surface area (Å²) in [6.07, 6.45) is 0.356. The molecular weight excluding hydrogens is 276 g/mol. The lowest BCUT2D eigenvalue weighted by atomic mass is 9.95. The van der Waals surface area contributed by atoms with Gasteiger partial charge in [-0.25, -0.2) is 0 Å². The van der Waals surface area contributed by atoms with E-state index in [2.05, 4.69) is 0 Å². The maximum atomic E-state index is 11.4. The number of ether oxygens (including phenoxy) is 5. The summed E-state index contributed by atoms with van der Waals surface area (Å²) in [5, 5.41) is 0. The highest BCUT2D eigenvalue weighted by Gasteiger charge is 2.39. The highest BCUT2D eigenvalue weighted by atomic mass is 16.6. The summed E-state index contributed by atoms with van der Waals surface area (Å²) >= 11 is 0. The minimum Gasteiger partial charge on any atom is -0.382 e. The van der Waals surface area contributed by atoms with Gasteiger partial charge in [-0.05, 0) is 13.8 Å². The molecule has 6 nitrogen and oxygen atoms in total. The van der Waals surface area contributed by atoms with Gasteiger partial charge >= 0.3 is 0 Å². The molecule has 0 radical (unpaired) electrons. The van der Waals surface area contributed by atoms with Crippen LogP contribution in [0.1, 0.15) is 26.7 Å². The van der Waals surface area contributed by atoms with Crippen molar-refractivity contribution in [3.8, 4) is 0 Å². The van der Waals surface area contributed by atoms with Crippen molar-refractivity contribution in [3.63, 3.8) is 0 Å². The van der Waals surface area contributed by atoms with E-state index in [-0.39, 0.29) is 30.2 Å². The Kier molecular flexibility index (Phi) is 9.03. The maximum absolute atomic E-state index is 11.4. The molecule has 1 heterocycles. The molecule has 0 aromatic heterocycles. The number of hydrogen-bond donors (Lipinski definition) is 0. The van der Waals surface area contributed by atoms with Crippen LogP contribution in [0.25, 0.3) is 0 Å². The Balaban J connectivity index is 2.60. The smallest absolute Gasteiger partial charge is 0.132 e. The molecule has 0 saturated carbocycles. The Morgan fingerprint density at radius 3 is 2.52 bits per heavy atom. The van der Waals surface area contributed by atoms with Crippen molar-refractivity contribution in [2.24, 2.45) is 0 Å². The predicted molar refractivity (Wildman–Crippen MR) is 77.5 cm³/mol. The molecular formula is C15H28O6. The van der Waals surface area contributed by atoms with E-state index in [4.69, 9.17) is 23.7 Å². The maximum Gasteiger partial charge on any atom is 0.132 e. The minimum atomic E-state index is -0.254. The van der Waals surface area contributed by atoms with E-state index in [1.165, 1.54) is 0 Å². The van der Waals surface area contributed by atoms with Gasteiger partial charge in [0.2, 0.25) is 0 Å². The quantitative estimate of drug-likeness (QED) is 0.565. The van der Waals surface area contributed by atoms with Crippen LogP contribution >= 0.6 is 0 Å². The van der Waals surface area contributed by atoms with Crippen LogP contribution in [0.3, 0.4) is 0 Å². The van der Waals surface area contributed by atoms with Crippen LogP contribution in [0.15, 0.2) is 0 Å². The fourth-order valence-corrected chi connectivity index (χ4v) is 2.53. The van der Waals surface area contributed by atoms with E-state index >= 15 is 0 Å². The highest BCUT2D eigenvalue weighted by Crippen LogP contribution is 2.27. The third-order valence-electron chi connectivity index (χ3n) is 3.53. The topological polar surface area (TPSA) is 63.2 Å². The number of Topliss-reactive ketones (excluding diaryl/α,β-unsaturated/α-hetero) is 1. The first-order chi connectivity index (χ1) is 10.1. The summed E-state index contributed by atoms with van der Waals surface area (Å²) in [4.78, 5) is 11.4. The van der Waals surface area contributed by atoms with E-state index in [0.717, 1.165) is 0 Å². The summed E-state index contributed by atoms with van der Waals surface area (Å²) < 4.78 is 27.7. The summed E-state index contributed by atoms with van der Waals surface area (Å²) in [6.45, 7) is 5.64. The van der Waals surface area contributed by atoms with Gasteiger partial charge < -0.3 is 23.7 Å². The van der Waals surface area contributed by atoms with E-state index in [1.54, 1.807) is 21.1 Å². The van der Waals surface area contributed by atoms with Gasteiger partial charge in [-0.3, -0.25) is 4.79 Å². The van der Waals surface area contributed by atoms with Gasteiger partial charge in [0, 0.05) is 33.7 Å². The normalized spacial score (nSPS) is 29.5. The fraction of sp³-hybridized carbons (Fsp3) is 0.933. The van der Waals surface area contributed by atoms with Gasteiger partial charge in [-0.2, -0.15) is 0 Å². The van der Waals surface area contributed by atoms with Crippen molar-refractivity contribution in [3.05, 3.63) is 0 Å². The average molecular weight is 304 g/mol. The molecule has 0 aromatic rings. The Labute approximate surface area is 127 Å². The van der Waals surface area contributed by atoms with Gasteiger partial charge in [0.1, 0.15) is 11.9 Å². The molecule has 0 spiro atoms. The molecule has 1 fully saturated rings. The summed E-state index contributed by atoms with van der Waals surface area (Å²) in [5.41, 5.74) is 0. The van der Waals surface area contributed by atoms with Gasteiger partial charge in [-0.1, -0.05) is 0 Å². The van der Waals surface area contributed by atoms with Crippen molar-refractivity contribution < 1.29 is 28.5 Å². The second-order valence-corrected chi connectivity index (χ2v) is 5.19. The van der Waals surface area contributed by atoms with Gasteiger partial charge in [0.15, 0.2) is 0 Å². The van der Waals surface area contributed by atoms with E-state index in [9.17, 15) is 4.79 Å². The second-order valence-electron chi connectivity index (χ2n) is 5.19. The van der Waals surface area contributed by atoms with Gasteiger partial charge in [0.25, 0.3) is 0 Å². The molecule has 1 rings (SSSR count). The summed E-state index contributed by atoms with van der Waals surface area (Å²) in [5.74, 6) is 0.0884. The first kappa shape index (κ1) is 18.5. The molecule has 1 aliphatic rings. The van der Waals surface area contributed by atoms with E-state index in [1.807, 2.05) is 6.92 Å². The Morgan fingerprint density at radius 2 is 1.95 bits per heavy atom.